The molecule has 0 N–H and O–H groups in total. The Morgan fingerprint density at radius 2 is 2.25 bits per heavy atom. The molecule has 0 spiro atoms. The lowest BCUT2D eigenvalue weighted by Crippen LogP contribution is -2.22. The Morgan fingerprint density at radius 1 is 1.33 bits per heavy atom. The van der Waals surface area contributed by atoms with Crippen LogP contribution in [0.5, 0.6) is 0 Å². The lowest BCUT2D eigenvalue weighted by molar-refractivity contribution is -0.162. The molecule has 1 fully saturated rings. The summed E-state index contributed by atoms with van der Waals surface area (Å²) < 4.78 is 11.0. The smallest absolute Gasteiger partial charge is 0.157 e. The monoisotopic (exact) mass is 171 g/mol. The second kappa shape index (κ2) is 6.44. The third-order valence-corrected chi connectivity index (χ3v) is 2.09. The van der Waals surface area contributed by atoms with E-state index >= 15 is 0 Å². The van der Waals surface area contributed by atoms with E-state index in [9.17, 15) is 0 Å². The minimum Gasteiger partial charge on any atom is -0.353 e. The molecule has 1 radical (unpaired) electrons. The quantitative estimate of drug-likeness (QED) is 0.592. The van der Waals surface area contributed by atoms with Crippen molar-refractivity contribution in [3.63, 3.8) is 0 Å². The third kappa shape index (κ3) is 4.07. The minimum atomic E-state index is 0.0866. The molecule has 0 bridgehead atoms. The molecule has 1 aliphatic rings. The summed E-state index contributed by atoms with van der Waals surface area (Å²) in [6, 6.07) is 0. The van der Waals surface area contributed by atoms with Crippen LogP contribution < -0.4 is 0 Å². The van der Waals surface area contributed by atoms with Gasteiger partial charge in [-0.1, -0.05) is 19.8 Å². The lowest BCUT2D eigenvalue weighted by atomic mass is 10.2. The summed E-state index contributed by atoms with van der Waals surface area (Å²) >= 11 is 0. The van der Waals surface area contributed by atoms with Crippen LogP contribution in [0.15, 0.2) is 0 Å². The highest BCUT2D eigenvalue weighted by molar-refractivity contribution is 4.54. The van der Waals surface area contributed by atoms with Crippen molar-refractivity contribution in [3.8, 4) is 0 Å². The molecule has 2 nitrogen and oxygen atoms in total. The van der Waals surface area contributed by atoms with Gasteiger partial charge in [-0.2, -0.15) is 0 Å². The molecule has 1 saturated heterocycles. The fraction of sp³-hybridized carbons (Fsp3) is 0.900. The van der Waals surface area contributed by atoms with E-state index in [1.54, 1.807) is 0 Å². The van der Waals surface area contributed by atoms with Gasteiger partial charge in [-0.05, 0) is 25.7 Å². The molecule has 0 aromatic rings. The van der Waals surface area contributed by atoms with Crippen molar-refractivity contribution >= 4 is 0 Å². The second-order valence-electron chi connectivity index (χ2n) is 3.23. The van der Waals surface area contributed by atoms with E-state index < -0.39 is 0 Å². The average molecular weight is 171 g/mol. The van der Waals surface area contributed by atoms with Crippen LogP contribution in [0.1, 0.15) is 38.5 Å². The van der Waals surface area contributed by atoms with Crippen molar-refractivity contribution < 1.29 is 9.47 Å². The molecule has 2 heteroatoms. The fourth-order valence-electron chi connectivity index (χ4n) is 1.34. The average Bonchev–Trinajstić information content (AvgIpc) is 2.14. The van der Waals surface area contributed by atoms with Gasteiger partial charge in [-0.25, -0.2) is 0 Å². The molecule has 0 aliphatic carbocycles. The zero-order chi connectivity index (χ0) is 8.65. The van der Waals surface area contributed by atoms with Gasteiger partial charge in [-0.15, -0.1) is 0 Å². The predicted molar refractivity (Wildman–Crippen MR) is 48.8 cm³/mol. The van der Waals surface area contributed by atoms with Crippen molar-refractivity contribution in [3.05, 3.63) is 6.92 Å². The standard InChI is InChI=1S/C10H19O2/c1-2-3-5-8-11-10-7-4-6-9-12-10/h10H,1-9H2. The second-order valence-corrected chi connectivity index (χ2v) is 3.23. The highest BCUT2D eigenvalue weighted by Gasteiger charge is 2.12. The maximum absolute atomic E-state index is 5.54. The molecule has 0 aromatic heterocycles. The van der Waals surface area contributed by atoms with Crippen molar-refractivity contribution in [2.45, 2.75) is 44.8 Å². The van der Waals surface area contributed by atoms with Gasteiger partial charge in [0, 0.05) is 13.2 Å². The van der Waals surface area contributed by atoms with Gasteiger partial charge in [0.1, 0.15) is 0 Å². The number of hydrogen-bond acceptors (Lipinski definition) is 2. The van der Waals surface area contributed by atoms with E-state index in [-0.39, 0.29) is 6.29 Å². The third-order valence-electron chi connectivity index (χ3n) is 2.09. The molecule has 1 heterocycles. The summed E-state index contributed by atoms with van der Waals surface area (Å²) in [5.74, 6) is 0. The zero-order valence-electron chi connectivity index (χ0n) is 7.76. The first-order chi connectivity index (χ1) is 5.93. The highest BCUT2D eigenvalue weighted by Crippen LogP contribution is 2.13. The molecular weight excluding hydrogens is 152 g/mol. The van der Waals surface area contributed by atoms with E-state index in [0.717, 1.165) is 38.9 Å². The van der Waals surface area contributed by atoms with E-state index in [2.05, 4.69) is 6.92 Å². The van der Waals surface area contributed by atoms with E-state index in [4.69, 9.17) is 9.47 Å². The molecule has 12 heavy (non-hydrogen) atoms. The van der Waals surface area contributed by atoms with E-state index in [0.29, 0.717) is 0 Å². The first kappa shape index (κ1) is 10.0. The van der Waals surface area contributed by atoms with Crippen LogP contribution in [0.25, 0.3) is 0 Å². The van der Waals surface area contributed by atoms with Gasteiger partial charge in [0.2, 0.25) is 0 Å². The molecule has 71 valence electrons. The summed E-state index contributed by atoms with van der Waals surface area (Å²) in [7, 11) is 0. The molecule has 1 atom stereocenters. The van der Waals surface area contributed by atoms with Crippen molar-refractivity contribution in [1.82, 2.24) is 0 Å². The summed E-state index contributed by atoms with van der Waals surface area (Å²) in [5, 5.41) is 0. The topological polar surface area (TPSA) is 18.5 Å². The van der Waals surface area contributed by atoms with Crippen molar-refractivity contribution in [1.29, 1.82) is 0 Å². The van der Waals surface area contributed by atoms with Crippen LogP contribution in [0.2, 0.25) is 0 Å². The number of unbranched alkanes of at least 4 members (excludes halogenated alkanes) is 2. The Balaban J connectivity index is 1.91. The summed E-state index contributed by atoms with van der Waals surface area (Å²) in [5.41, 5.74) is 0. The molecule has 0 saturated carbocycles. The fourth-order valence-corrected chi connectivity index (χ4v) is 1.34. The summed E-state index contributed by atoms with van der Waals surface area (Å²) in [6.45, 7) is 5.49. The van der Waals surface area contributed by atoms with E-state index in [1.807, 2.05) is 0 Å². The predicted octanol–water partition coefficient (Wildman–Crippen LogP) is 2.53. The van der Waals surface area contributed by atoms with Gasteiger partial charge >= 0.3 is 0 Å². The Morgan fingerprint density at radius 3 is 2.92 bits per heavy atom. The summed E-state index contributed by atoms with van der Waals surface area (Å²) in [4.78, 5) is 0. The van der Waals surface area contributed by atoms with Crippen LogP contribution in [-0.2, 0) is 9.47 Å². The minimum absolute atomic E-state index is 0.0866. The van der Waals surface area contributed by atoms with Gasteiger partial charge in [0.25, 0.3) is 0 Å². The Labute approximate surface area is 75.2 Å². The van der Waals surface area contributed by atoms with Crippen LogP contribution in [0.4, 0.5) is 0 Å². The van der Waals surface area contributed by atoms with Crippen LogP contribution in [0, 0.1) is 6.92 Å². The normalized spacial score (nSPS) is 24.2. The first-order valence-corrected chi connectivity index (χ1v) is 4.96. The highest BCUT2D eigenvalue weighted by atomic mass is 16.7. The molecule has 1 aliphatic heterocycles. The largest absolute Gasteiger partial charge is 0.353 e. The first-order valence-electron chi connectivity index (χ1n) is 4.96. The van der Waals surface area contributed by atoms with Crippen LogP contribution in [-0.4, -0.2) is 19.5 Å². The van der Waals surface area contributed by atoms with Gasteiger partial charge < -0.3 is 9.47 Å². The Bertz CT molecular complexity index is 98.0. The number of ether oxygens (including phenoxy) is 2. The number of hydrogen-bond donors (Lipinski definition) is 0. The van der Waals surface area contributed by atoms with Crippen LogP contribution >= 0.6 is 0 Å². The van der Waals surface area contributed by atoms with Gasteiger partial charge in [0.15, 0.2) is 6.29 Å². The van der Waals surface area contributed by atoms with Crippen molar-refractivity contribution in [2.75, 3.05) is 13.2 Å². The maximum Gasteiger partial charge on any atom is 0.157 e. The van der Waals surface area contributed by atoms with Gasteiger partial charge in [0.05, 0.1) is 0 Å². The molecule has 0 aromatic carbocycles. The van der Waals surface area contributed by atoms with E-state index in [1.165, 1.54) is 12.8 Å². The molecule has 1 rings (SSSR count). The Hall–Kier alpha value is -0.0800. The summed E-state index contributed by atoms with van der Waals surface area (Å²) in [6.07, 6.45) is 6.89. The Kier molecular flexibility index (Phi) is 5.37. The van der Waals surface area contributed by atoms with Gasteiger partial charge in [-0.3, -0.25) is 0 Å². The molecule has 1 unspecified atom stereocenters. The van der Waals surface area contributed by atoms with Crippen LogP contribution in [0.3, 0.4) is 0 Å². The van der Waals surface area contributed by atoms with Crippen molar-refractivity contribution in [2.24, 2.45) is 0 Å². The molecular formula is C10H19O2. The molecule has 0 amide bonds. The number of rotatable bonds is 5. The SMILES string of the molecule is [CH2]CCCCOC1CCCCO1. The lowest BCUT2D eigenvalue weighted by Gasteiger charge is -2.22. The maximum atomic E-state index is 5.54. The zero-order valence-corrected chi connectivity index (χ0v) is 7.76.